The number of ether oxygens (including phenoxy) is 1. The van der Waals surface area contributed by atoms with Crippen molar-refractivity contribution in [3.05, 3.63) is 93.3 Å². The van der Waals surface area contributed by atoms with Gasteiger partial charge < -0.3 is 9.30 Å². The van der Waals surface area contributed by atoms with Crippen molar-refractivity contribution in [3.63, 3.8) is 0 Å². The minimum atomic E-state index is -0.502. The first-order valence-electron chi connectivity index (χ1n) is 9.19. The highest BCUT2D eigenvalue weighted by atomic mass is 32.1. The van der Waals surface area contributed by atoms with E-state index in [1.165, 1.54) is 12.1 Å². The predicted molar refractivity (Wildman–Crippen MR) is 118 cm³/mol. The van der Waals surface area contributed by atoms with E-state index in [1.807, 2.05) is 18.2 Å². The maximum absolute atomic E-state index is 13.0. The summed E-state index contributed by atoms with van der Waals surface area (Å²) in [5.41, 5.74) is 0.928. The first kappa shape index (κ1) is 20.1. The summed E-state index contributed by atoms with van der Waals surface area (Å²) in [4.78, 5) is 28.3. The maximum atomic E-state index is 13.0. The van der Waals surface area contributed by atoms with Crippen LogP contribution < -0.4 is 9.54 Å². The molecule has 1 amide bonds. The number of benzene rings is 3. The Morgan fingerprint density at radius 2 is 1.87 bits per heavy atom. The van der Waals surface area contributed by atoms with Gasteiger partial charge in [-0.25, -0.2) is 0 Å². The molecule has 0 spiro atoms. The largest absolute Gasteiger partial charge is 0.457 e. The molecule has 4 aromatic rings. The average molecular weight is 429 g/mol. The zero-order valence-corrected chi connectivity index (χ0v) is 16.9. The first-order chi connectivity index (χ1) is 15.1. The van der Waals surface area contributed by atoms with E-state index in [-0.39, 0.29) is 12.2 Å². The van der Waals surface area contributed by atoms with Crippen LogP contribution in [0.4, 0.5) is 5.69 Å². The molecule has 0 radical (unpaired) electrons. The lowest BCUT2D eigenvalue weighted by Gasteiger charge is -2.08. The number of carbonyl (C=O) groups excluding carboxylic acids is 1. The highest BCUT2D eigenvalue weighted by Gasteiger charge is 2.15. The van der Waals surface area contributed by atoms with Gasteiger partial charge >= 0.3 is 0 Å². The van der Waals surface area contributed by atoms with Gasteiger partial charge in [0.15, 0.2) is 4.80 Å². The molecule has 4 rings (SSSR count). The second-order valence-electron chi connectivity index (χ2n) is 6.41. The van der Waals surface area contributed by atoms with Gasteiger partial charge in [0.2, 0.25) is 0 Å². The SMILES string of the molecule is C#CCn1c(=NC(=O)c2ccccc2Oc2ccccc2)sc2cc([N+](=O)[O-])ccc21. The molecular weight excluding hydrogens is 414 g/mol. The molecule has 0 unspecified atom stereocenters. The van der Waals surface area contributed by atoms with Crippen LogP contribution in [0.3, 0.4) is 0 Å². The summed E-state index contributed by atoms with van der Waals surface area (Å²) >= 11 is 1.16. The second kappa shape index (κ2) is 8.65. The summed E-state index contributed by atoms with van der Waals surface area (Å²) in [6, 6.07) is 20.4. The molecule has 0 bridgehead atoms. The second-order valence-corrected chi connectivity index (χ2v) is 7.42. The van der Waals surface area contributed by atoms with Gasteiger partial charge in [-0.2, -0.15) is 4.99 Å². The summed E-state index contributed by atoms with van der Waals surface area (Å²) in [6.07, 6.45) is 5.49. The van der Waals surface area contributed by atoms with Crippen molar-refractivity contribution < 1.29 is 14.5 Å². The van der Waals surface area contributed by atoms with E-state index < -0.39 is 10.8 Å². The molecule has 152 valence electrons. The molecule has 0 saturated heterocycles. The fourth-order valence-corrected chi connectivity index (χ4v) is 4.06. The van der Waals surface area contributed by atoms with Crippen LogP contribution >= 0.6 is 11.3 Å². The number of nitrogens with zero attached hydrogens (tertiary/aromatic N) is 3. The standard InChI is InChI=1S/C23H15N3O4S/c1-2-14-25-19-13-12-16(26(28)29)15-21(19)31-23(25)24-22(27)18-10-6-7-11-20(18)30-17-8-4-3-5-9-17/h1,3-13,15H,14H2. The number of para-hydroxylation sites is 2. The molecular formula is C23H15N3O4S. The van der Waals surface area contributed by atoms with Gasteiger partial charge in [-0.3, -0.25) is 14.9 Å². The highest BCUT2D eigenvalue weighted by Crippen LogP contribution is 2.26. The van der Waals surface area contributed by atoms with Gasteiger partial charge in [0.25, 0.3) is 11.6 Å². The van der Waals surface area contributed by atoms with Crippen molar-refractivity contribution in [3.8, 4) is 23.8 Å². The topological polar surface area (TPSA) is 86.7 Å². The van der Waals surface area contributed by atoms with Gasteiger partial charge in [-0.1, -0.05) is 47.6 Å². The fourth-order valence-electron chi connectivity index (χ4n) is 3.00. The minimum Gasteiger partial charge on any atom is -0.457 e. The summed E-state index contributed by atoms with van der Waals surface area (Å²) in [5, 5.41) is 11.1. The molecule has 1 aromatic heterocycles. The Bertz CT molecular complexity index is 1400. The molecule has 0 atom stereocenters. The Morgan fingerprint density at radius 3 is 2.61 bits per heavy atom. The van der Waals surface area contributed by atoms with Crippen molar-refractivity contribution in [2.75, 3.05) is 0 Å². The van der Waals surface area contributed by atoms with Crippen molar-refractivity contribution in [2.24, 2.45) is 4.99 Å². The number of carbonyl (C=O) groups is 1. The third-order valence-corrected chi connectivity index (χ3v) is 5.45. The third kappa shape index (κ3) is 4.22. The number of hydrogen-bond acceptors (Lipinski definition) is 5. The summed E-state index contributed by atoms with van der Waals surface area (Å²) < 4.78 is 8.15. The van der Waals surface area contributed by atoms with E-state index in [9.17, 15) is 14.9 Å². The van der Waals surface area contributed by atoms with Crippen LogP contribution in [0.1, 0.15) is 10.4 Å². The molecule has 0 aliphatic carbocycles. The number of aromatic nitrogens is 1. The first-order valence-corrected chi connectivity index (χ1v) is 10.0. The van der Waals surface area contributed by atoms with Gasteiger partial charge in [-0.05, 0) is 30.3 Å². The third-order valence-electron chi connectivity index (χ3n) is 4.41. The number of nitro groups is 1. The summed E-state index contributed by atoms with van der Waals surface area (Å²) in [7, 11) is 0. The zero-order chi connectivity index (χ0) is 21.8. The van der Waals surface area contributed by atoms with Crippen molar-refractivity contribution in [1.29, 1.82) is 0 Å². The monoisotopic (exact) mass is 429 g/mol. The minimum absolute atomic E-state index is 0.0407. The molecule has 0 fully saturated rings. The highest BCUT2D eigenvalue weighted by molar-refractivity contribution is 7.16. The van der Waals surface area contributed by atoms with Gasteiger partial charge in [0.1, 0.15) is 11.5 Å². The normalized spacial score (nSPS) is 11.3. The van der Waals surface area contributed by atoms with Crippen LogP contribution in [0.2, 0.25) is 0 Å². The molecule has 8 heteroatoms. The van der Waals surface area contributed by atoms with Crippen LogP contribution in [0.5, 0.6) is 11.5 Å². The lowest BCUT2D eigenvalue weighted by molar-refractivity contribution is -0.384. The molecule has 31 heavy (non-hydrogen) atoms. The van der Waals surface area contributed by atoms with Crippen molar-refractivity contribution in [2.45, 2.75) is 6.54 Å². The number of hydrogen-bond donors (Lipinski definition) is 0. The molecule has 7 nitrogen and oxygen atoms in total. The van der Waals surface area contributed by atoms with Crippen LogP contribution in [0.25, 0.3) is 10.2 Å². The van der Waals surface area contributed by atoms with Crippen LogP contribution in [0, 0.1) is 22.5 Å². The Kier molecular flexibility index (Phi) is 5.60. The number of nitro benzene ring substituents is 1. The van der Waals surface area contributed by atoms with E-state index in [2.05, 4.69) is 10.9 Å². The number of non-ortho nitro benzene ring substituents is 1. The van der Waals surface area contributed by atoms with E-state index in [0.717, 1.165) is 11.3 Å². The molecule has 0 aliphatic heterocycles. The molecule has 3 aromatic carbocycles. The van der Waals surface area contributed by atoms with E-state index >= 15 is 0 Å². The lowest BCUT2D eigenvalue weighted by atomic mass is 10.2. The van der Waals surface area contributed by atoms with Crippen LogP contribution in [0.15, 0.2) is 77.8 Å². The van der Waals surface area contributed by atoms with Gasteiger partial charge in [0, 0.05) is 12.1 Å². The fraction of sp³-hybridized carbons (Fsp3) is 0.0435. The quantitative estimate of drug-likeness (QED) is 0.260. The van der Waals surface area contributed by atoms with Crippen molar-refractivity contribution in [1.82, 2.24) is 4.57 Å². The Hall–Kier alpha value is -4.22. The molecule has 0 aliphatic rings. The van der Waals surface area contributed by atoms with E-state index in [1.54, 1.807) is 47.0 Å². The Labute approximate surface area is 181 Å². The average Bonchev–Trinajstić information content (AvgIpc) is 3.11. The van der Waals surface area contributed by atoms with Crippen molar-refractivity contribution >= 4 is 33.1 Å². The molecule has 0 N–H and O–H groups in total. The number of rotatable bonds is 5. The smallest absolute Gasteiger partial charge is 0.283 e. The number of fused-ring (bicyclic) bond motifs is 1. The number of amides is 1. The lowest BCUT2D eigenvalue weighted by Crippen LogP contribution is -2.16. The Balaban J connectivity index is 1.78. The molecule has 1 heterocycles. The number of thiazole rings is 1. The Morgan fingerprint density at radius 1 is 1.13 bits per heavy atom. The van der Waals surface area contributed by atoms with Crippen LogP contribution in [-0.4, -0.2) is 15.4 Å². The summed E-state index contributed by atoms with van der Waals surface area (Å²) in [6.45, 7) is 0.173. The summed E-state index contributed by atoms with van der Waals surface area (Å²) in [5.74, 6) is 3.01. The number of terminal acetylenes is 1. The zero-order valence-electron chi connectivity index (χ0n) is 16.1. The van der Waals surface area contributed by atoms with E-state index in [0.29, 0.717) is 32.1 Å². The van der Waals surface area contributed by atoms with E-state index in [4.69, 9.17) is 11.2 Å². The predicted octanol–water partition coefficient (Wildman–Crippen LogP) is 4.78. The molecule has 0 saturated carbocycles. The van der Waals surface area contributed by atoms with Gasteiger partial charge in [0.05, 0.1) is 27.2 Å². The van der Waals surface area contributed by atoms with Crippen LogP contribution in [-0.2, 0) is 6.54 Å². The maximum Gasteiger partial charge on any atom is 0.283 e. The van der Waals surface area contributed by atoms with Gasteiger partial charge in [-0.15, -0.1) is 6.42 Å².